The highest BCUT2D eigenvalue weighted by Crippen LogP contribution is 2.30. The minimum Gasteiger partial charge on any atom is -0.398 e. The summed E-state index contributed by atoms with van der Waals surface area (Å²) in [5.74, 6) is 0.550. The largest absolute Gasteiger partial charge is 0.398 e. The van der Waals surface area contributed by atoms with E-state index in [0.29, 0.717) is 28.1 Å². The number of hydrogen-bond donors (Lipinski definition) is 3. The Bertz CT molecular complexity index is 868. The SMILES string of the molecule is CNc1nc(=S)c(/C(N)=C/C=O)c(-c2cccc(N3CCCC3)c2)[nH]1. The third-order valence-electron chi connectivity index (χ3n) is 4.30. The molecule has 0 atom stereocenters. The molecule has 0 saturated carbocycles. The van der Waals surface area contributed by atoms with Crippen molar-refractivity contribution < 1.29 is 4.79 Å². The first kappa shape index (κ1) is 17.2. The van der Waals surface area contributed by atoms with Gasteiger partial charge in [-0.3, -0.25) is 4.79 Å². The van der Waals surface area contributed by atoms with Crippen LogP contribution in [0.25, 0.3) is 17.0 Å². The Hall–Kier alpha value is -2.67. The van der Waals surface area contributed by atoms with Crippen molar-refractivity contribution >= 4 is 35.8 Å². The Labute approximate surface area is 151 Å². The van der Waals surface area contributed by atoms with Crippen LogP contribution in [0.1, 0.15) is 18.4 Å². The molecule has 1 aromatic carbocycles. The molecule has 1 fully saturated rings. The molecular formula is C18H21N5OS. The number of carbonyl (C=O) groups is 1. The normalized spacial score (nSPS) is 14.6. The molecule has 2 aromatic rings. The molecule has 1 aromatic heterocycles. The molecule has 0 bridgehead atoms. The van der Waals surface area contributed by atoms with E-state index in [9.17, 15) is 4.79 Å². The van der Waals surface area contributed by atoms with Gasteiger partial charge in [0.25, 0.3) is 0 Å². The topological polar surface area (TPSA) is 87.0 Å². The van der Waals surface area contributed by atoms with E-state index >= 15 is 0 Å². The van der Waals surface area contributed by atoms with Gasteiger partial charge >= 0.3 is 0 Å². The standard InChI is InChI=1S/C18H21N5OS/c1-20-18-21-16(15(17(25)22-18)14(19)7-10-24)12-5-4-6-13(11-12)23-8-2-3-9-23/h4-7,10-11H,2-3,8-9,19H2,1H3,(H2,20,21,22,25)/b14-7-. The Morgan fingerprint density at radius 3 is 2.84 bits per heavy atom. The van der Waals surface area contributed by atoms with Crippen LogP contribution in [-0.2, 0) is 4.79 Å². The van der Waals surface area contributed by atoms with E-state index in [-0.39, 0.29) is 0 Å². The average molecular weight is 355 g/mol. The Morgan fingerprint density at radius 1 is 1.40 bits per heavy atom. The van der Waals surface area contributed by atoms with Gasteiger partial charge in [0.1, 0.15) is 10.9 Å². The Kier molecular flexibility index (Phi) is 5.14. The Balaban J connectivity index is 2.16. The van der Waals surface area contributed by atoms with Gasteiger partial charge in [-0.1, -0.05) is 24.4 Å². The molecule has 0 amide bonds. The molecule has 3 rings (SSSR count). The monoisotopic (exact) mass is 355 g/mol. The van der Waals surface area contributed by atoms with Crippen LogP contribution in [0, 0.1) is 4.64 Å². The van der Waals surface area contributed by atoms with Crippen LogP contribution in [-0.4, -0.2) is 36.4 Å². The fourth-order valence-electron chi connectivity index (χ4n) is 3.07. The second-order valence-electron chi connectivity index (χ2n) is 5.89. The van der Waals surface area contributed by atoms with Crippen LogP contribution in [0.2, 0.25) is 0 Å². The van der Waals surface area contributed by atoms with Crippen molar-refractivity contribution in [3.05, 3.63) is 40.5 Å². The number of nitrogens with two attached hydrogens (primary N) is 1. The van der Waals surface area contributed by atoms with Gasteiger partial charge < -0.3 is 20.9 Å². The molecule has 2 heterocycles. The zero-order chi connectivity index (χ0) is 17.8. The predicted octanol–water partition coefficient (Wildman–Crippen LogP) is 2.95. The van der Waals surface area contributed by atoms with Crippen molar-refractivity contribution in [3.8, 4) is 11.3 Å². The second-order valence-corrected chi connectivity index (χ2v) is 6.28. The molecule has 0 aliphatic carbocycles. The molecule has 4 N–H and O–H groups in total. The number of carbonyl (C=O) groups excluding carboxylic acids is 1. The predicted molar refractivity (Wildman–Crippen MR) is 104 cm³/mol. The molecular weight excluding hydrogens is 334 g/mol. The van der Waals surface area contributed by atoms with Crippen LogP contribution < -0.4 is 16.0 Å². The van der Waals surface area contributed by atoms with Gasteiger partial charge in [0, 0.05) is 43.2 Å². The second kappa shape index (κ2) is 7.48. The van der Waals surface area contributed by atoms with E-state index in [1.54, 1.807) is 7.05 Å². The van der Waals surface area contributed by atoms with E-state index in [1.807, 2.05) is 12.1 Å². The minimum atomic E-state index is 0.299. The van der Waals surface area contributed by atoms with E-state index in [4.69, 9.17) is 18.0 Å². The fourth-order valence-corrected chi connectivity index (χ4v) is 3.38. The lowest BCUT2D eigenvalue weighted by atomic mass is 10.0. The first-order valence-corrected chi connectivity index (χ1v) is 8.63. The van der Waals surface area contributed by atoms with Crippen molar-refractivity contribution in [2.24, 2.45) is 5.73 Å². The van der Waals surface area contributed by atoms with Crippen LogP contribution in [0.4, 0.5) is 11.6 Å². The molecule has 0 radical (unpaired) electrons. The maximum absolute atomic E-state index is 10.9. The summed E-state index contributed by atoms with van der Waals surface area (Å²) in [6.07, 6.45) is 4.38. The summed E-state index contributed by atoms with van der Waals surface area (Å²) in [5, 5.41) is 2.97. The van der Waals surface area contributed by atoms with Crippen molar-refractivity contribution in [3.63, 3.8) is 0 Å². The number of anilines is 2. The van der Waals surface area contributed by atoms with Crippen LogP contribution in [0.5, 0.6) is 0 Å². The van der Waals surface area contributed by atoms with E-state index in [0.717, 1.165) is 24.3 Å². The quantitative estimate of drug-likeness (QED) is 0.434. The van der Waals surface area contributed by atoms with Gasteiger partial charge in [-0.05, 0) is 25.0 Å². The lowest BCUT2D eigenvalue weighted by Crippen LogP contribution is -2.17. The number of aromatic nitrogens is 2. The first-order chi connectivity index (χ1) is 12.1. The van der Waals surface area contributed by atoms with Crippen LogP contribution >= 0.6 is 12.2 Å². The molecule has 1 aliphatic heterocycles. The lowest BCUT2D eigenvalue weighted by molar-refractivity contribution is -0.104. The molecule has 6 nitrogen and oxygen atoms in total. The number of aldehydes is 1. The van der Waals surface area contributed by atoms with Gasteiger partial charge in [-0.25, -0.2) is 4.98 Å². The fraction of sp³-hybridized carbons (Fsp3) is 0.278. The highest BCUT2D eigenvalue weighted by atomic mass is 32.1. The van der Waals surface area contributed by atoms with Crippen molar-refractivity contribution in [1.82, 2.24) is 9.97 Å². The molecule has 0 spiro atoms. The zero-order valence-electron chi connectivity index (χ0n) is 14.1. The number of rotatable bonds is 5. The van der Waals surface area contributed by atoms with Crippen LogP contribution in [0.3, 0.4) is 0 Å². The number of aromatic amines is 1. The van der Waals surface area contributed by atoms with E-state index in [1.165, 1.54) is 24.6 Å². The number of allylic oxidation sites excluding steroid dienone is 1. The summed E-state index contributed by atoms with van der Waals surface area (Å²) in [4.78, 5) is 20.7. The number of H-pyrrole nitrogens is 1. The van der Waals surface area contributed by atoms with Crippen molar-refractivity contribution in [1.29, 1.82) is 0 Å². The first-order valence-electron chi connectivity index (χ1n) is 8.23. The van der Waals surface area contributed by atoms with Gasteiger partial charge in [-0.2, -0.15) is 0 Å². The summed E-state index contributed by atoms with van der Waals surface area (Å²) >= 11 is 5.41. The number of hydrogen-bond acceptors (Lipinski definition) is 6. The summed E-state index contributed by atoms with van der Waals surface area (Å²) in [5.41, 5.74) is 9.81. The summed E-state index contributed by atoms with van der Waals surface area (Å²) in [6, 6.07) is 8.23. The highest BCUT2D eigenvalue weighted by molar-refractivity contribution is 7.71. The Morgan fingerprint density at radius 2 is 2.16 bits per heavy atom. The van der Waals surface area contributed by atoms with E-state index < -0.39 is 0 Å². The van der Waals surface area contributed by atoms with Crippen molar-refractivity contribution in [2.45, 2.75) is 12.8 Å². The van der Waals surface area contributed by atoms with Crippen LogP contribution in [0.15, 0.2) is 30.3 Å². The maximum Gasteiger partial charge on any atom is 0.201 e. The molecule has 1 aliphatic rings. The van der Waals surface area contributed by atoms with Gasteiger partial charge in [0.15, 0.2) is 0 Å². The number of nitrogens with one attached hydrogen (secondary N) is 2. The third-order valence-corrected chi connectivity index (χ3v) is 4.60. The number of benzene rings is 1. The zero-order valence-corrected chi connectivity index (χ0v) is 14.9. The van der Waals surface area contributed by atoms with Gasteiger partial charge in [0.2, 0.25) is 5.95 Å². The van der Waals surface area contributed by atoms with Gasteiger partial charge in [0.05, 0.1) is 11.3 Å². The maximum atomic E-state index is 10.9. The average Bonchev–Trinajstić information content (AvgIpc) is 3.16. The molecule has 25 heavy (non-hydrogen) atoms. The lowest BCUT2D eigenvalue weighted by Gasteiger charge is -2.19. The van der Waals surface area contributed by atoms with E-state index in [2.05, 4.69) is 32.3 Å². The van der Waals surface area contributed by atoms with Gasteiger partial charge in [-0.15, -0.1) is 0 Å². The molecule has 7 heteroatoms. The smallest absolute Gasteiger partial charge is 0.201 e. The molecule has 1 saturated heterocycles. The minimum absolute atomic E-state index is 0.299. The van der Waals surface area contributed by atoms with Crippen molar-refractivity contribution in [2.75, 3.05) is 30.4 Å². The third kappa shape index (κ3) is 3.56. The number of nitrogens with zero attached hydrogens (tertiary/aromatic N) is 2. The summed E-state index contributed by atoms with van der Waals surface area (Å²) in [6.45, 7) is 2.13. The summed E-state index contributed by atoms with van der Waals surface area (Å²) < 4.78 is 0.347. The summed E-state index contributed by atoms with van der Waals surface area (Å²) in [7, 11) is 1.77. The molecule has 130 valence electrons. The molecule has 0 unspecified atom stereocenters. The highest BCUT2D eigenvalue weighted by Gasteiger charge is 2.16.